The fourth-order valence-electron chi connectivity index (χ4n) is 1.29. The first kappa shape index (κ1) is 14.6. The lowest BCUT2D eigenvalue weighted by molar-refractivity contribution is -0.0501. The Morgan fingerprint density at radius 2 is 2.06 bits per heavy atom. The van der Waals surface area contributed by atoms with Gasteiger partial charge in [0.25, 0.3) is 0 Å². The molecule has 0 N–H and O–H groups in total. The summed E-state index contributed by atoms with van der Waals surface area (Å²) >= 11 is 6.35. The Hall–Kier alpha value is -0.490. The number of alkyl halides is 4. The fourth-order valence-corrected chi connectivity index (χ4v) is 2.00. The number of carbonyl (C=O) groups excluding carboxylic acids is 1. The molecule has 94 valence electrons. The van der Waals surface area contributed by atoms with E-state index in [1.807, 2.05) is 0 Å². The first-order valence-electron chi connectivity index (χ1n) is 4.81. The number of ketones is 1. The average molecular weight is 372 g/mol. The van der Waals surface area contributed by atoms with Crippen molar-refractivity contribution in [2.75, 3.05) is 5.33 Å². The van der Waals surface area contributed by atoms with Crippen LogP contribution in [-0.2, 0) is 5.33 Å². The van der Waals surface area contributed by atoms with Gasteiger partial charge in [-0.15, -0.1) is 0 Å². The maximum atomic E-state index is 12.2. The summed E-state index contributed by atoms with van der Waals surface area (Å²) in [7, 11) is 0. The van der Waals surface area contributed by atoms with E-state index in [1.54, 1.807) is 6.07 Å². The highest BCUT2D eigenvalue weighted by atomic mass is 79.9. The second-order valence-electron chi connectivity index (χ2n) is 3.20. The van der Waals surface area contributed by atoms with E-state index in [-0.39, 0.29) is 23.5 Å². The second-order valence-corrected chi connectivity index (χ2v) is 4.56. The van der Waals surface area contributed by atoms with E-state index in [4.69, 9.17) is 0 Å². The molecule has 0 aliphatic heterocycles. The van der Waals surface area contributed by atoms with Crippen molar-refractivity contribution in [2.24, 2.45) is 0 Å². The zero-order valence-corrected chi connectivity index (χ0v) is 11.9. The highest BCUT2D eigenvalue weighted by Gasteiger charge is 2.15. The van der Waals surface area contributed by atoms with Gasteiger partial charge in [0.2, 0.25) is 0 Å². The summed E-state index contributed by atoms with van der Waals surface area (Å²) in [4.78, 5) is 11.7. The molecule has 0 aliphatic carbocycles. The number of rotatable bonds is 6. The minimum Gasteiger partial charge on any atom is -0.434 e. The fraction of sp³-hybridized carbons (Fsp3) is 0.364. The molecule has 1 aromatic carbocycles. The van der Waals surface area contributed by atoms with Gasteiger partial charge in [-0.2, -0.15) is 8.78 Å². The predicted octanol–water partition coefficient (Wildman–Crippen LogP) is 4.15. The third-order valence-electron chi connectivity index (χ3n) is 2.04. The van der Waals surface area contributed by atoms with Crippen molar-refractivity contribution in [1.29, 1.82) is 0 Å². The van der Waals surface area contributed by atoms with E-state index in [0.29, 0.717) is 10.7 Å². The number of benzene rings is 1. The van der Waals surface area contributed by atoms with Gasteiger partial charge in [-0.05, 0) is 17.7 Å². The standard InChI is InChI=1S/C11H10Br2F2O2/c12-4-3-9(16)8-2-1-7(6-13)5-10(8)17-11(14)15/h1-2,5,11H,3-4,6H2. The summed E-state index contributed by atoms with van der Waals surface area (Å²) in [5, 5.41) is 1.000. The van der Waals surface area contributed by atoms with E-state index >= 15 is 0 Å². The maximum Gasteiger partial charge on any atom is 0.387 e. The van der Waals surface area contributed by atoms with Crippen LogP contribution in [0.2, 0.25) is 0 Å². The molecule has 0 heterocycles. The zero-order chi connectivity index (χ0) is 12.8. The number of hydrogen-bond acceptors (Lipinski definition) is 2. The molecule has 0 unspecified atom stereocenters. The van der Waals surface area contributed by atoms with Gasteiger partial charge in [0.15, 0.2) is 5.78 Å². The monoisotopic (exact) mass is 370 g/mol. The van der Waals surface area contributed by atoms with E-state index in [2.05, 4.69) is 36.6 Å². The summed E-state index contributed by atoms with van der Waals surface area (Å²) in [6, 6.07) is 4.66. The zero-order valence-electron chi connectivity index (χ0n) is 8.76. The van der Waals surface area contributed by atoms with Gasteiger partial charge in [0.05, 0.1) is 5.56 Å². The van der Waals surface area contributed by atoms with Crippen molar-refractivity contribution >= 4 is 37.6 Å². The average Bonchev–Trinajstić information content (AvgIpc) is 2.28. The maximum absolute atomic E-state index is 12.2. The van der Waals surface area contributed by atoms with Crippen LogP contribution in [0.1, 0.15) is 22.3 Å². The van der Waals surface area contributed by atoms with Gasteiger partial charge in [-0.1, -0.05) is 37.9 Å². The first-order chi connectivity index (χ1) is 8.08. The number of Topliss-reactive ketones (excluding diaryl/α,β-unsaturated/α-hetero) is 1. The quantitative estimate of drug-likeness (QED) is 0.554. The van der Waals surface area contributed by atoms with Crippen LogP contribution in [0.5, 0.6) is 5.75 Å². The van der Waals surface area contributed by atoms with Gasteiger partial charge in [-0.25, -0.2) is 0 Å². The smallest absolute Gasteiger partial charge is 0.387 e. The van der Waals surface area contributed by atoms with E-state index in [1.165, 1.54) is 12.1 Å². The lowest BCUT2D eigenvalue weighted by atomic mass is 10.1. The van der Waals surface area contributed by atoms with Crippen molar-refractivity contribution < 1.29 is 18.3 Å². The third kappa shape index (κ3) is 4.35. The Bertz CT molecular complexity index is 397. The van der Waals surface area contributed by atoms with E-state index in [9.17, 15) is 13.6 Å². The van der Waals surface area contributed by atoms with Gasteiger partial charge in [-0.3, -0.25) is 4.79 Å². The van der Waals surface area contributed by atoms with Crippen LogP contribution in [-0.4, -0.2) is 17.7 Å². The summed E-state index contributed by atoms with van der Waals surface area (Å²) < 4.78 is 28.8. The molecule has 0 radical (unpaired) electrons. The molecule has 0 saturated carbocycles. The minimum atomic E-state index is -2.93. The minimum absolute atomic E-state index is 0.0668. The Balaban J connectivity index is 3.05. The topological polar surface area (TPSA) is 26.3 Å². The van der Waals surface area contributed by atoms with Crippen molar-refractivity contribution in [2.45, 2.75) is 18.4 Å². The molecule has 1 rings (SSSR count). The first-order valence-corrected chi connectivity index (χ1v) is 7.05. The molecule has 17 heavy (non-hydrogen) atoms. The number of carbonyl (C=O) groups is 1. The van der Waals surface area contributed by atoms with E-state index < -0.39 is 6.61 Å². The molecule has 0 aliphatic rings. The molecule has 1 aromatic rings. The molecule has 0 aromatic heterocycles. The molecular formula is C11H10Br2F2O2. The summed E-state index contributed by atoms with van der Waals surface area (Å²) in [5.74, 6) is -0.290. The lowest BCUT2D eigenvalue weighted by Crippen LogP contribution is -2.09. The molecule has 2 nitrogen and oxygen atoms in total. The Morgan fingerprint density at radius 3 is 2.59 bits per heavy atom. The van der Waals surface area contributed by atoms with E-state index in [0.717, 1.165) is 5.56 Å². The van der Waals surface area contributed by atoms with Gasteiger partial charge >= 0.3 is 6.61 Å². The van der Waals surface area contributed by atoms with Crippen LogP contribution in [0.25, 0.3) is 0 Å². The molecular weight excluding hydrogens is 362 g/mol. The van der Waals surface area contributed by atoms with Crippen LogP contribution < -0.4 is 4.74 Å². The highest BCUT2D eigenvalue weighted by molar-refractivity contribution is 9.09. The van der Waals surface area contributed by atoms with Crippen molar-refractivity contribution in [1.82, 2.24) is 0 Å². The summed E-state index contributed by atoms with van der Waals surface area (Å²) in [6.45, 7) is -2.93. The molecule has 0 fully saturated rings. The number of ether oxygens (including phenoxy) is 1. The highest BCUT2D eigenvalue weighted by Crippen LogP contribution is 2.25. The largest absolute Gasteiger partial charge is 0.434 e. The predicted molar refractivity (Wildman–Crippen MR) is 68.4 cm³/mol. The third-order valence-corrected chi connectivity index (χ3v) is 3.08. The van der Waals surface area contributed by atoms with Crippen LogP contribution in [0.15, 0.2) is 18.2 Å². The Kier molecular flexibility index (Phi) is 6.05. The van der Waals surface area contributed by atoms with Crippen LogP contribution in [0.3, 0.4) is 0 Å². The van der Waals surface area contributed by atoms with Crippen LogP contribution in [0.4, 0.5) is 8.78 Å². The van der Waals surface area contributed by atoms with Crippen LogP contribution in [0, 0.1) is 0 Å². The number of hydrogen-bond donors (Lipinski definition) is 0. The normalized spacial score (nSPS) is 10.6. The summed E-state index contributed by atoms with van der Waals surface area (Å²) in [5.41, 5.74) is 0.963. The van der Waals surface area contributed by atoms with Crippen molar-refractivity contribution in [3.8, 4) is 5.75 Å². The lowest BCUT2D eigenvalue weighted by Gasteiger charge is -2.10. The molecule has 0 amide bonds. The SMILES string of the molecule is O=C(CCBr)c1ccc(CBr)cc1OC(F)F. The van der Waals surface area contributed by atoms with Gasteiger partial charge < -0.3 is 4.74 Å². The molecule has 0 spiro atoms. The molecule has 0 atom stereocenters. The molecule has 6 heteroatoms. The summed E-state index contributed by atoms with van der Waals surface area (Å²) in [6.07, 6.45) is 0.243. The van der Waals surface area contributed by atoms with Gasteiger partial charge in [0, 0.05) is 17.1 Å². The Labute approximate surface area is 115 Å². The molecule has 0 bridgehead atoms. The van der Waals surface area contributed by atoms with Gasteiger partial charge in [0.1, 0.15) is 5.75 Å². The number of halogens is 4. The molecule has 0 saturated heterocycles. The Morgan fingerprint density at radius 1 is 1.35 bits per heavy atom. The second kappa shape index (κ2) is 7.06. The van der Waals surface area contributed by atoms with Crippen molar-refractivity contribution in [3.05, 3.63) is 29.3 Å². The van der Waals surface area contributed by atoms with Crippen molar-refractivity contribution in [3.63, 3.8) is 0 Å². The van der Waals surface area contributed by atoms with Crippen LogP contribution >= 0.6 is 31.9 Å².